The van der Waals surface area contributed by atoms with Crippen LogP contribution in [0.2, 0.25) is 0 Å². The number of hydrogen-bond donors (Lipinski definition) is 0. The fourth-order valence-corrected chi connectivity index (χ4v) is 3.28. The summed E-state index contributed by atoms with van der Waals surface area (Å²) in [7, 11) is 3.17. The van der Waals surface area contributed by atoms with Crippen LogP contribution >= 0.6 is 0 Å². The van der Waals surface area contributed by atoms with Crippen LogP contribution in [0.5, 0.6) is 11.5 Å². The summed E-state index contributed by atoms with van der Waals surface area (Å²) in [5.41, 5.74) is 0.744. The van der Waals surface area contributed by atoms with Crippen molar-refractivity contribution in [3.63, 3.8) is 0 Å². The van der Waals surface area contributed by atoms with Gasteiger partial charge in [0.2, 0.25) is 5.75 Å². The smallest absolute Gasteiger partial charge is 0.206 e. The molecule has 0 amide bonds. The predicted octanol–water partition coefficient (Wildman–Crippen LogP) is 2.93. The average Bonchev–Trinajstić information content (AvgIpc) is 2.93. The second-order valence-corrected chi connectivity index (χ2v) is 7.40. The van der Waals surface area contributed by atoms with Crippen LogP contribution < -0.4 is 14.9 Å². The number of benzene rings is 1. The Hall–Kier alpha value is -2.08. The lowest BCUT2D eigenvalue weighted by Gasteiger charge is -2.11. The maximum absolute atomic E-state index is 12.6. The Morgan fingerprint density at radius 3 is 2.50 bits per heavy atom. The van der Waals surface area contributed by atoms with Crippen molar-refractivity contribution in [2.45, 2.75) is 5.75 Å². The van der Waals surface area contributed by atoms with E-state index < -0.39 is 0 Å². The molecule has 1 aromatic carbocycles. The molecule has 0 aliphatic carbocycles. The van der Waals surface area contributed by atoms with Crippen molar-refractivity contribution in [1.82, 2.24) is 0 Å². The van der Waals surface area contributed by atoms with Crippen LogP contribution in [0.25, 0.3) is 21.9 Å². The van der Waals surface area contributed by atoms with E-state index in [2.05, 4.69) is 12.5 Å². The quantitative estimate of drug-likeness (QED) is 0.691. The fourth-order valence-electron chi connectivity index (χ4n) is 2.57. The van der Waals surface area contributed by atoms with Crippen molar-refractivity contribution in [2.75, 3.05) is 26.7 Å². The van der Waals surface area contributed by atoms with Crippen LogP contribution in [-0.2, 0) is 16.6 Å². The Balaban J connectivity index is 2.47. The van der Waals surface area contributed by atoms with Crippen molar-refractivity contribution in [1.29, 1.82) is 0 Å². The third kappa shape index (κ3) is 2.23. The molecule has 22 heavy (non-hydrogen) atoms. The van der Waals surface area contributed by atoms with Gasteiger partial charge in [0.1, 0.15) is 11.1 Å². The number of methoxy groups -OCH3 is 2. The van der Waals surface area contributed by atoms with Gasteiger partial charge >= 0.3 is 0 Å². The highest BCUT2D eigenvalue weighted by molar-refractivity contribution is 7.94. The van der Waals surface area contributed by atoms with Gasteiger partial charge in [0.25, 0.3) is 0 Å². The normalized spacial score (nSPS) is 11.5. The van der Waals surface area contributed by atoms with Gasteiger partial charge < -0.3 is 18.3 Å². The second kappa shape index (κ2) is 5.61. The van der Waals surface area contributed by atoms with E-state index in [1.165, 1.54) is 26.5 Å². The summed E-state index contributed by atoms with van der Waals surface area (Å²) < 4.78 is 22.3. The molecule has 0 unspecified atom stereocenters. The molecule has 0 N–H and O–H groups in total. The molecule has 2 aromatic heterocycles. The summed E-state index contributed by atoms with van der Waals surface area (Å²) >= 11 is 0. The summed E-state index contributed by atoms with van der Waals surface area (Å²) in [6, 6.07) is 3.28. The van der Waals surface area contributed by atoms with E-state index in [-0.39, 0.29) is 16.3 Å². The largest absolute Gasteiger partial charge is 0.495 e. The fraction of sp³-hybridized carbons (Fsp3) is 0.312. The molecule has 0 bridgehead atoms. The first-order valence-corrected chi connectivity index (χ1v) is 8.90. The maximum Gasteiger partial charge on any atom is 0.206 e. The minimum atomic E-state index is -0.139. The van der Waals surface area contributed by atoms with Gasteiger partial charge in [0.15, 0.2) is 28.1 Å². The van der Waals surface area contributed by atoms with Crippen LogP contribution in [0.1, 0.15) is 5.76 Å². The Labute approximate surface area is 130 Å². The van der Waals surface area contributed by atoms with Crippen LogP contribution in [-0.4, -0.2) is 26.7 Å². The van der Waals surface area contributed by atoms with Gasteiger partial charge in [-0.3, -0.25) is 4.79 Å². The molecule has 2 heterocycles. The molecule has 0 saturated carbocycles. The highest BCUT2D eigenvalue weighted by Gasteiger charge is 2.23. The standard InChI is InChI=1S/C16H17O5S/c1-18-13-10-5-6-20-14(10)16(19-2)15-12(13)11(17)7-9(21-15)8-22(3)4/h5-7H,8H2,1-4H3/q+1. The molecular weight excluding hydrogens is 304 g/mol. The lowest BCUT2D eigenvalue weighted by molar-refractivity contribution is 0.398. The summed E-state index contributed by atoms with van der Waals surface area (Å²) in [6.45, 7) is 0. The number of fused-ring (bicyclic) bond motifs is 2. The van der Waals surface area contributed by atoms with Gasteiger partial charge in [-0.15, -0.1) is 0 Å². The molecule has 0 atom stereocenters. The van der Waals surface area contributed by atoms with Crippen LogP contribution in [0.15, 0.2) is 32.0 Å². The first kappa shape index (κ1) is 14.8. The molecule has 0 aliphatic heterocycles. The minimum absolute atomic E-state index is 0.119. The zero-order chi connectivity index (χ0) is 15.9. The van der Waals surface area contributed by atoms with E-state index in [0.29, 0.717) is 45.0 Å². The monoisotopic (exact) mass is 321 g/mol. The Morgan fingerprint density at radius 2 is 1.86 bits per heavy atom. The molecule has 0 fully saturated rings. The average molecular weight is 321 g/mol. The van der Waals surface area contributed by atoms with E-state index in [1.54, 1.807) is 6.07 Å². The number of furan rings is 1. The lowest BCUT2D eigenvalue weighted by atomic mass is 10.1. The number of ether oxygens (including phenoxy) is 2. The molecule has 5 nitrogen and oxygen atoms in total. The van der Waals surface area contributed by atoms with E-state index in [9.17, 15) is 4.79 Å². The first-order valence-electron chi connectivity index (χ1n) is 6.69. The molecule has 0 aliphatic rings. The molecular formula is C16H17O5S+. The molecule has 6 heteroatoms. The van der Waals surface area contributed by atoms with E-state index in [0.717, 1.165) is 0 Å². The molecule has 0 saturated heterocycles. The molecule has 3 aromatic rings. The van der Waals surface area contributed by atoms with E-state index >= 15 is 0 Å². The van der Waals surface area contributed by atoms with Gasteiger partial charge in [-0.25, -0.2) is 0 Å². The summed E-state index contributed by atoms with van der Waals surface area (Å²) in [4.78, 5) is 12.6. The highest BCUT2D eigenvalue weighted by atomic mass is 32.2. The van der Waals surface area contributed by atoms with Crippen molar-refractivity contribution < 1.29 is 18.3 Å². The Morgan fingerprint density at radius 1 is 1.14 bits per heavy atom. The van der Waals surface area contributed by atoms with Crippen molar-refractivity contribution in [3.8, 4) is 11.5 Å². The molecule has 0 spiro atoms. The molecule has 0 radical (unpaired) electrons. The van der Waals surface area contributed by atoms with Gasteiger partial charge in [0.05, 0.1) is 38.4 Å². The van der Waals surface area contributed by atoms with Crippen molar-refractivity contribution in [2.24, 2.45) is 0 Å². The highest BCUT2D eigenvalue weighted by Crippen LogP contribution is 2.41. The van der Waals surface area contributed by atoms with E-state index in [4.69, 9.17) is 18.3 Å². The first-order chi connectivity index (χ1) is 10.6. The zero-order valence-electron chi connectivity index (χ0n) is 12.9. The predicted molar refractivity (Wildman–Crippen MR) is 88.3 cm³/mol. The zero-order valence-corrected chi connectivity index (χ0v) is 13.7. The van der Waals surface area contributed by atoms with Gasteiger partial charge in [-0.1, -0.05) is 0 Å². The van der Waals surface area contributed by atoms with Crippen molar-refractivity contribution in [3.05, 3.63) is 34.4 Å². The summed E-state index contributed by atoms with van der Waals surface area (Å²) in [6.07, 6.45) is 5.73. The number of rotatable bonds is 4. The van der Waals surface area contributed by atoms with Crippen molar-refractivity contribution >= 4 is 32.8 Å². The number of hydrogen-bond acceptors (Lipinski definition) is 5. The Bertz CT molecular complexity index is 891. The maximum atomic E-state index is 12.6. The van der Waals surface area contributed by atoms with E-state index in [1.807, 2.05) is 0 Å². The minimum Gasteiger partial charge on any atom is -0.495 e. The van der Waals surface area contributed by atoms with Crippen LogP contribution in [0.3, 0.4) is 0 Å². The summed E-state index contributed by atoms with van der Waals surface area (Å²) in [5, 5.41) is 1.07. The topological polar surface area (TPSA) is 61.8 Å². The van der Waals surface area contributed by atoms with Gasteiger partial charge in [0, 0.05) is 6.07 Å². The SMILES string of the molecule is COc1c2occc2c(OC)c2c(=O)cc(C[S+](C)C)oc12. The lowest BCUT2D eigenvalue weighted by Crippen LogP contribution is -2.08. The van der Waals surface area contributed by atoms with Crippen LogP contribution in [0.4, 0.5) is 0 Å². The van der Waals surface area contributed by atoms with Gasteiger partial charge in [-0.05, 0) is 17.0 Å². The summed E-state index contributed by atoms with van der Waals surface area (Å²) in [5.74, 6) is 2.21. The molecule has 116 valence electrons. The van der Waals surface area contributed by atoms with Gasteiger partial charge in [-0.2, -0.15) is 0 Å². The second-order valence-electron chi connectivity index (χ2n) is 5.14. The van der Waals surface area contributed by atoms with Crippen LogP contribution in [0, 0.1) is 0 Å². The molecule has 3 rings (SSSR count). The Kier molecular flexibility index (Phi) is 3.78. The third-order valence-electron chi connectivity index (χ3n) is 3.39. The third-order valence-corrected chi connectivity index (χ3v) is 4.25.